The molecule has 0 bridgehead atoms. The van der Waals surface area contributed by atoms with Crippen molar-refractivity contribution >= 4 is 41.4 Å². The van der Waals surface area contributed by atoms with Crippen molar-refractivity contribution in [1.29, 1.82) is 0 Å². The van der Waals surface area contributed by atoms with Crippen LogP contribution < -0.4 is 5.73 Å². The summed E-state index contributed by atoms with van der Waals surface area (Å²) in [6.07, 6.45) is 4.80. The van der Waals surface area contributed by atoms with Crippen molar-refractivity contribution in [3.05, 3.63) is 0 Å². The van der Waals surface area contributed by atoms with Crippen LogP contribution >= 0.6 is 24.2 Å². The summed E-state index contributed by atoms with van der Waals surface area (Å²) in [4.78, 5) is 33.3. The van der Waals surface area contributed by atoms with Gasteiger partial charge in [-0.05, 0) is 24.6 Å². The summed E-state index contributed by atoms with van der Waals surface area (Å²) in [5, 5.41) is 7.82. The van der Waals surface area contributed by atoms with E-state index in [9.17, 15) is 14.4 Å². The second-order valence-electron chi connectivity index (χ2n) is 4.57. The van der Waals surface area contributed by atoms with Crippen molar-refractivity contribution in [3.63, 3.8) is 0 Å². The molecule has 1 fully saturated rings. The summed E-state index contributed by atoms with van der Waals surface area (Å²) in [6, 6.07) is -1.13. The summed E-state index contributed by atoms with van der Waals surface area (Å²) in [6.45, 7) is -0.441. The Hall–Kier alpha value is -0.990. The Kier molecular flexibility index (Phi) is 10.2. The fourth-order valence-corrected chi connectivity index (χ4v) is 2.45. The molecule has 0 aromatic rings. The summed E-state index contributed by atoms with van der Waals surface area (Å²) >= 11 is 0.642. The zero-order chi connectivity index (χ0) is 15.0. The van der Waals surface area contributed by atoms with Crippen molar-refractivity contribution < 1.29 is 29.0 Å². The zero-order valence-electron chi connectivity index (χ0n) is 11.5. The average molecular weight is 342 g/mol. The molecule has 0 heterocycles. The molecule has 1 atom stereocenters. The van der Waals surface area contributed by atoms with E-state index >= 15 is 0 Å². The number of hydrogen-bond acceptors (Lipinski definition) is 7. The molecule has 9 heteroatoms. The molecular weight excluding hydrogens is 322 g/mol. The second kappa shape index (κ2) is 10.7. The van der Waals surface area contributed by atoms with Crippen LogP contribution in [0.3, 0.4) is 0 Å². The highest BCUT2D eigenvalue weighted by Crippen LogP contribution is 2.24. The molecule has 1 rings (SSSR count). The Morgan fingerprint density at radius 2 is 1.81 bits per heavy atom. The lowest BCUT2D eigenvalue weighted by Gasteiger charge is -2.19. The molecule has 0 radical (unpaired) electrons. The number of esters is 1. The van der Waals surface area contributed by atoms with Crippen LogP contribution in [0.15, 0.2) is 0 Å². The number of hydrogen-bond donors (Lipinski definition) is 2. The molecule has 0 aromatic carbocycles. The second-order valence-corrected chi connectivity index (χ2v) is 5.52. The van der Waals surface area contributed by atoms with Crippen LogP contribution in [0, 0.1) is 5.92 Å². The van der Waals surface area contributed by atoms with Gasteiger partial charge in [-0.15, -0.1) is 12.4 Å². The largest absolute Gasteiger partial charge is 0.480 e. The van der Waals surface area contributed by atoms with Gasteiger partial charge < -0.3 is 20.3 Å². The molecule has 1 saturated carbocycles. The Labute approximate surface area is 133 Å². The average Bonchev–Trinajstić information content (AvgIpc) is 2.45. The van der Waals surface area contributed by atoms with Gasteiger partial charge in [0.05, 0.1) is 5.92 Å². The van der Waals surface area contributed by atoms with Crippen LogP contribution in [0.5, 0.6) is 0 Å². The van der Waals surface area contributed by atoms with Gasteiger partial charge in [-0.25, -0.2) is 4.79 Å². The summed E-state index contributed by atoms with van der Waals surface area (Å²) in [7, 11) is 0. The molecule has 0 amide bonds. The smallest absolute Gasteiger partial charge is 0.370 e. The maximum absolute atomic E-state index is 11.6. The lowest BCUT2D eigenvalue weighted by atomic mass is 9.89. The van der Waals surface area contributed by atoms with Crippen LogP contribution in [0.25, 0.3) is 0 Å². The molecular formula is C12H20ClNO6S. The Morgan fingerprint density at radius 1 is 1.19 bits per heavy atom. The normalized spacial score (nSPS) is 16.4. The number of halogens is 1. The summed E-state index contributed by atoms with van der Waals surface area (Å²) < 4.78 is 9.53. The minimum atomic E-state index is -1.19. The van der Waals surface area contributed by atoms with Crippen molar-refractivity contribution in [2.75, 3.05) is 12.5 Å². The van der Waals surface area contributed by atoms with Gasteiger partial charge in [-0.2, -0.15) is 0 Å². The van der Waals surface area contributed by atoms with E-state index in [0.717, 1.165) is 32.1 Å². The Morgan fingerprint density at radius 3 is 2.38 bits per heavy atom. The van der Waals surface area contributed by atoms with Gasteiger partial charge in [0.25, 0.3) is 0 Å². The number of aliphatic carboxylic acids is 1. The van der Waals surface area contributed by atoms with E-state index in [2.05, 4.69) is 4.74 Å². The van der Waals surface area contributed by atoms with Crippen LogP contribution in [-0.2, 0) is 19.1 Å². The first kappa shape index (κ1) is 20.0. The van der Waals surface area contributed by atoms with Crippen molar-refractivity contribution in [3.8, 4) is 0 Å². The molecule has 1 unspecified atom stereocenters. The van der Waals surface area contributed by atoms with E-state index in [1.807, 2.05) is 0 Å². The number of carboxylic acids is 1. The number of thioether (sulfide) groups is 1. The van der Waals surface area contributed by atoms with Crippen molar-refractivity contribution in [1.82, 2.24) is 0 Å². The predicted molar refractivity (Wildman–Crippen MR) is 79.3 cm³/mol. The molecule has 1 aliphatic rings. The lowest BCUT2D eigenvalue weighted by Crippen LogP contribution is -2.33. The van der Waals surface area contributed by atoms with Gasteiger partial charge >= 0.3 is 17.2 Å². The topological polar surface area (TPSA) is 116 Å². The standard InChI is InChI=1S/C12H19NO6S.ClH/c13-9(10(14)15)6-20-12(17)19-7-18-11(16)8-4-2-1-3-5-8;/h8-9H,1-7,13H2,(H,14,15);1H. The number of ether oxygens (including phenoxy) is 2. The van der Waals surface area contributed by atoms with Gasteiger partial charge in [0.1, 0.15) is 6.04 Å². The summed E-state index contributed by atoms with van der Waals surface area (Å²) in [5.41, 5.74) is 5.23. The third-order valence-corrected chi connectivity index (χ3v) is 3.89. The molecule has 0 aromatic heterocycles. The van der Waals surface area contributed by atoms with E-state index in [1.54, 1.807) is 0 Å². The first-order valence-electron chi connectivity index (χ1n) is 6.45. The molecule has 122 valence electrons. The maximum Gasteiger partial charge on any atom is 0.370 e. The number of nitrogens with two attached hydrogens (primary N) is 1. The number of rotatable bonds is 6. The molecule has 0 spiro atoms. The van der Waals surface area contributed by atoms with Gasteiger partial charge in [-0.3, -0.25) is 9.59 Å². The number of carboxylic acid groups (broad SMARTS) is 1. The fourth-order valence-electron chi connectivity index (χ4n) is 1.86. The highest BCUT2D eigenvalue weighted by molar-refractivity contribution is 8.13. The first-order chi connectivity index (χ1) is 9.50. The SMILES string of the molecule is Cl.NC(CSC(=O)OCOC(=O)C1CCCCC1)C(=O)O. The molecule has 21 heavy (non-hydrogen) atoms. The molecule has 1 aliphatic carbocycles. The minimum Gasteiger partial charge on any atom is -0.480 e. The first-order valence-corrected chi connectivity index (χ1v) is 7.44. The fraction of sp³-hybridized carbons (Fsp3) is 0.750. The lowest BCUT2D eigenvalue weighted by molar-refractivity contribution is -0.157. The van der Waals surface area contributed by atoms with Gasteiger partial charge in [0, 0.05) is 5.75 Å². The van der Waals surface area contributed by atoms with E-state index in [0.29, 0.717) is 11.8 Å². The predicted octanol–water partition coefficient (Wildman–Crippen LogP) is 1.77. The highest BCUT2D eigenvalue weighted by atomic mass is 35.5. The van der Waals surface area contributed by atoms with Crippen LogP contribution in [-0.4, -0.2) is 40.9 Å². The third kappa shape index (κ3) is 8.13. The van der Waals surface area contributed by atoms with Crippen molar-refractivity contribution in [2.24, 2.45) is 11.7 Å². The van der Waals surface area contributed by atoms with Crippen LogP contribution in [0.2, 0.25) is 0 Å². The Bertz CT molecular complexity index is 362. The maximum atomic E-state index is 11.6. The monoisotopic (exact) mass is 341 g/mol. The Balaban J connectivity index is 0.00000400. The molecule has 0 saturated heterocycles. The van der Waals surface area contributed by atoms with E-state index in [1.165, 1.54) is 0 Å². The molecule has 3 N–H and O–H groups in total. The zero-order valence-corrected chi connectivity index (χ0v) is 13.1. The third-order valence-electron chi connectivity index (χ3n) is 3.01. The van der Waals surface area contributed by atoms with Crippen LogP contribution in [0.4, 0.5) is 4.79 Å². The minimum absolute atomic E-state index is 0. The molecule has 0 aliphatic heterocycles. The number of carbonyl (C=O) groups excluding carboxylic acids is 2. The highest BCUT2D eigenvalue weighted by Gasteiger charge is 2.22. The molecule has 7 nitrogen and oxygen atoms in total. The van der Waals surface area contributed by atoms with Gasteiger partial charge in [0.15, 0.2) is 0 Å². The number of carbonyl (C=O) groups is 3. The van der Waals surface area contributed by atoms with Gasteiger partial charge in [0.2, 0.25) is 6.79 Å². The quantitative estimate of drug-likeness (QED) is 0.554. The van der Waals surface area contributed by atoms with Gasteiger partial charge in [-0.1, -0.05) is 19.3 Å². The summed E-state index contributed by atoms with van der Waals surface area (Å²) in [5.74, 6) is -1.72. The van der Waals surface area contributed by atoms with Crippen LogP contribution in [0.1, 0.15) is 32.1 Å². The van der Waals surface area contributed by atoms with E-state index < -0.39 is 24.1 Å². The van der Waals surface area contributed by atoms with E-state index in [4.69, 9.17) is 15.6 Å². The van der Waals surface area contributed by atoms with Crippen molar-refractivity contribution in [2.45, 2.75) is 38.1 Å². The van der Waals surface area contributed by atoms with E-state index in [-0.39, 0.29) is 30.0 Å².